The molecule has 27 heavy (non-hydrogen) atoms. The first-order valence-corrected chi connectivity index (χ1v) is 9.24. The van der Waals surface area contributed by atoms with Crippen LogP contribution in [0, 0.1) is 6.92 Å². The van der Waals surface area contributed by atoms with Crippen LogP contribution in [0.15, 0.2) is 72.9 Å². The normalized spacial score (nSPS) is 10.4. The predicted octanol–water partition coefficient (Wildman–Crippen LogP) is 4.66. The van der Waals surface area contributed by atoms with Crippen LogP contribution in [-0.2, 0) is 13.1 Å². The van der Waals surface area contributed by atoms with Gasteiger partial charge in [-0.05, 0) is 37.1 Å². The summed E-state index contributed by atoms with van der Waals surface area (Å²) in [5, 5.41) is 3.30. The van der Waals surface area contributed by atoms with Crippen molar-refractivity contribution >= 4 is 11.7 Å². The van der Waals surface area contributed by atoms with E-state index in [-0.39, 0.29) is 5.91 Å². The van der Waals surface area contributed by atoms with Crippen LogP contribution in [0.4, 0.5) is 5.82 Å². The standard InChI is InChI=1S/C23H25N3O/c1-3-26(17-19-9-5-4-6-10-19)23(27)21-12-13-22(25-16-21)24-15-20-11-7-8-18(2)14-20/h4-14,16H,3,15,17H2,1-2H3,(H,24,25). The van der Waals surface area contributed by atoms with Crippen LogP contribution in [0.5, 0.6) is 0 Å². The molecule has 1 N–H and O–H groups in total. The lowest BCUT2D eigenvalue weighted by Crippen LogP contribution is -2.30. The Morgan fingerprint density at radius 3 is 2.44 bits per heavy atom. The third-order valence-electron chi connectivity index (χ3n) is 4.45. The van der Waals surface area contributed by atoms with E-state index in [0.29, 0.717) is 25.2 Å². The highest BCUT2D eigenvalue weighted by molar-refractivity contribution is 5.94. The number of nitrogens with zero attached hydrogens (tertiary/aromatic N) is 2. The van der Waals surface area contributed by atoms with Gasteiger partial charge in [0.1, 0.15) is 5.82 Å². The smallest absolute Gasteiger partial charge is 0.255 e. The molecule has 0 radical (unpaired) electrons. The Balaban J connectivity index is 1.62. The Hall–Kier alpha value is -3.14. The molecule has 3 rings (SSSR count). The van der Waals surface area contributed by atoms with Gasteiger partial charge in [0, 0.05) is 25.8 Å². The van der Waals surface area contributed by atoms with E-state index in [9.17, 15) is 4.79 Å². The van der Waals surface area contributed by atoms with Crippen molar-refractivity contribution in [3.05, 3.63) is 95.2 Å². The quantitative estimate of drug-likeness (QED) is 0.667. The summed E-state index contributed by atoms with van der Waals surface area (Å²) in [5.41, 5.74) is 4.17. The fourth-order valence-electron chi connectivity index (χ4n) is 2.95. The minimum Gasteiger partial charge on any atom is -0.366 e. The number of pyridine rings is 1. The summed E-state index contributed by atoms with van der Waals surface area (Å²) in [7, 11) is 0. The molecule has 1 amide bonds. The van der Waals surface area contributed by atoms with Gasteiger partial charge in [0.15, 0.2) is 0 Å². The van der Waals surface area contributed by atoms with E-state index in [1.54, 1.807) is 6.20 Å². The molecular weight excluding hydrogens is 334 g/mol. The maximum absolute atomic E-state index is 12.8. The van der Waals surface area contributed by atoms with E-state index in [2.05, 4.69) is 35.4 Å². The summed E-state index contributed by atoms with van der Waals surface area (Å²) in [6.07, 6.45) is 1.65. The van der Waals surface area contributed by atoms with Crippen molar-refractivity contribution in [1.82, 2.24) is 9.88 Å². The fourth-order valence-corrected chi connectivity index (χ4v) is 2.95. The zero-order valence-corrected chi connectivity index (χ0v) is 15.9. The van der Waals surface area contributed by atoms with Gasteiger partial charge in [-0.2, -0.15) is 0 Å². The van der Waals surface area contributed by atoms with E-state index in [1.807, 2.05) is 60.4 Å². The summed E-state index contributed by atoms with van der Waals surface area (Å²) in [6, 6.07) is 22.1. The van der Waals surface area contributed by atoms with Crippen LogP contribution in [0.25, 0.3) is 0 Å². The van der Waals surface area contributed by atoms with E-state index >= 15 is 0 Å². The minimum absolute atomic E-state index is 0.000845. The van der Waals surface area contributed by atoms with Gasteiger partial charge in [-0.1, -0.05) is 60.2 Å². The van der Waals surface area contributed by atoms with Gasteiger partial charge < -0.3 is 10.2 Å². The number of hydrogen-bond acceptors (Lipinski definition) is 3. The third-order valence-corrected chi connectivity index (χ3v) is 4.45. The maximum Gasteiger partial charge on any atom is 0.255 e. The fraction of sp³-hybridized carbons (Fsp3) is 0.217. The summed E-state index contributed by atoms with van der Waals surface area (Å²) in [5.74, 6) is 0.762. The van der Waals surface area contributed by atoms with Crippen molar-refractivity contribution in [3.8, 4) is 0 Å². The molecule has 0 bridgehead atoms. The Kier molecular flexibility index (Phi) is 6.21. The molecular formula is C23H25N3O. The molecule has 0 aliphatic heterocycles. The molecule has 1 aromatic heterocycles. The zero-order chi connectivity index (χ0) is 19.1. The molecule has 2 aromatic carbocycles. The number of hydrogen-bond donors (Lipinski definition) is 1. The number of carbonyl (C=O) groups is 1. The second-order valence-electron chi connectivity index (χ2n) is 6.58. The summed E-state index contributed by atoms with van der Waals surface area (Å²) >= 11 is 0. The van der Waals surface area contributed by atoms with Gasteiger partial charge in [-0.15, -0.1) is 0 Å². The topological polar surface area (TPSA) is 45.2 Å². The first-order valence-electron chi connectivity index (χ1n) is 9.24. The van der Waals surface area contributed by atoms with Crippen molar-refractivity contribution < 1.29 is 4.79 Å². The first-order chi connectivity index (χ1) is 13.2. The van der Waals surface area contributed by atoms with Crippen LogP contribution in [0.3, 0.4) is 0 Å². The monoisotopic (exact) mass is 359 g/mol. The number of aromatic nitrogens is 1. The highest BCUT2D eigenvalue weighted by atomic mass is 16.2. The zero-order valence-electron chi connectivity index (χ0n) is 15.9. The highest BCUT2D eigenvalue weighted by Gasteiger charge is 2.15. The van der Waals surface area contributed by atoms with E-state index in [0.717, 1.165) is 11.4 Å². The van der Waals surface area contributed by atoms with Crippen LogP contribution >= 0.6 is 0 Å². The molecule has 0 spiro atoms. The summed E-state index contributed by atoms with van der Waals surface area (Å²) in [6.45, 7) is 6.03. The van der Waals surface area contributed by atoms with Gasteiger partial charge in [0.2, 0.25) is 0 Å². The van der Waals surface area contributed by atoms with Crippen LogP contribution in [0.2, 0.25) is 0 Å². The Morgan fingerprint density at radius 2 is 1.78 bits per heavy atom. The highest BCUT2D eigenvalue weighted by Crippen LogP contribution is 2.13. The maximum atomic E-state index is 12.8. The van der Waals surface area contributed by atoms with Gasteiger partial charge in [0.25, 0.3) is 5.91 Å². The molecule has 0 saturated carbocycles. The number of nitrogens with one attached hydrogen (secondary N) is 1. The Morgan fingerprint density at radius 1 is 1.00 bits per heavy atom. The molecule has 0 unspecified atom stereocenters. The lowest BCUT2D eigenvalue weighted by molar-refractivity contribution is 0.0752. The van der Waals surface area contributed by atoms with Crippen molar-refractivity contribution in [2.24, 2.45) is 0 Å². The average Bonchev–Trinajstić information content (AvgIpc) is 2.71. The van der Waals surface area contributed by atoms with Gasteiger partial charge in [-0.25, -0.2) is 4.98 Å². The van der Waals surface area contributed by atoms with E-state index in [4.69, 9.17) is 0 Å². The molecule has 138 valence electrons. The van der Waals surface area contributed by atoms with Crippen molar-refractivity contribution in [1.29, 1.82) is 0 Å². The first kappa shape index (κ1) is 18.6. The van der Waals surface area contributed by atoms with Crippen molar-refractivity contribution in [2.75, 3.05) is 11.9 Å². The average molecular weight is 359 g/mol. The molecule has 0 aliphatic rings. The predicted molar refractivity (Wildman–Crippen MR) is 110 cm³/mol. The summed E-state index contributed by atoms with van der Waals surface area (Å²) < 4.78 is 0. The second kappa shape index (κ2) is 8.99. The summed E-state index contributed by atoms with van der Waals surface area (Å²) in [4.78, 5) is 19.0. The SMILES string of the molecule is CCN(Cc1ccccc1)C(=O)c1ccc(NCc2cccc(C)c2)nc1. The number of carbonyl (C=O) groups excluding carboxylic acids is 1. The molecule has 0 aliphatic carbocycles. The van der Waals surface area contributed by atoms with E-state index in [1.165, 1.54) is 11.1 Å². The lowest BCUT2D eigenvalue weighted by Gasteiger charge is -2.21. The van der Waals surface area contributed by atoms with Crippen LogP contribution in [0.1, 0.15) is 34.0 Å². The Bertz CT molecular complexity index is 876. The van der Waals surface area contributed by atoms with Crippen molar-refractivity contribution in [3.63, 3.8) is 0 Å². The molecule has 1 heterocycles. The molecule has 0 saturated heterocycles. The Labute approximate surface area is 160 Å². The van der Waals surface area contributed by atoms with E-state index < -0.39 is 0 Å². The minimum atomic E-state index is -0.000845. The largest absolute Gasteiger partial charge is 0.366 e. The lowest BCUT2D eigenvalue weighted by atomic mass is 10.1. The molecule has 0 atom stereocenters. The molecule has 0 fully saturated rings. The number of anilines is 1. The van der Waals surface area contributed by atoms with Crippen LogP contribution < -0.4 is 5.32 Å². The number of amides is 1. The molecule has 3 aromatic rings. The molecule has 4 heteroatoms. The molecule has 4 nitrogen and oxygen atoms in total. The number of aryl methyl sites for hydroxylation is 1. The van der Waals surface area contributed by atoms with Gasteiger partial charge >= 0.3 is 0 Å². The van der Waals surface area contributed by atoms with Gasteiger partial charge in [-0.3, -0.25) is 4.79 Å². The van der Waals surface area contributed by atoms with Crippen molar-refractivity contribution in [2.45, 2.75) is 26.9 Å². The number of rotatable bonds is 7. The number of benzene rings is 2. The van der Waals surface area contributed by atoms with Crippen LogP contribution in [-0.4, -0.2) is 22.3 Å². The third kappa shape index (κ3) is 5.17. The van der Waals surface area contributed by atoms with Gasteiger partial charge in [0.05, 0.1) is 5.56 Å². The second-order valence-corrected chi connectivity index (χ2v) is 6.58.